The van der Waals surface area contributed by atoms with Gasteiger partial charge in [-0.1, -0.05) is 12.5 Å². The van der Waals surface area contributed by atoms with Crippen LogP contribution in [-0.2, 0) is 4.79 Å². The molecule has 2 fully saturated rings. The first-order valence-electron chi connectivity index (χ1n) is 7.83. The van der Waals surface area contributed by atoms with Crippen LogP contribution in [0.5, 0.6) is 11.5 Å². The molecule has 6 heteroatoms. The minimum atomic E-state index is -0.922. The Morgan fingerprint density at radius 2 is 2.00 bits per heavy atom. The average Bonchev–Trinajstić information content (AvgIpc) is 3.13. The number of carbonyl (C=O) groups excluding carboxylic acids is 1. The minimum Gasteiger partial charge on any atom is -0.493 e. The van der Waals surface area contributed by atoms with E-state index in [1.54, 1.807) is 18.2 Å². The second-order valence-corrected chi connectivity index (χ2v) is 6.14. The summed E-state index contributed by atoms with van der Waals surface area (Å²) in [5.74, 6) is -0.0623. The number of nitrogens with zero attached hydrogens (tertiary/aromatic N) is 1. The Labute approximate surface area is 135 Å². The number of hydrogen-bond acceptors (Lipinski definition) is 4. The molecule has 0 aromatic heterocycles. The van der Waals surface area contributed by atoms with Crippen molar-refractivity contribution in [2.24, 2.45) is 11.8 Å². The van der Waals surface area contributed by atoms with E-state index < -0.39 is 12.0 Å². The summed E-state index contributed by atoms with van der Waals surface area (Å²) >= 11 is 0. The Hall–Kier alpha value is -2.24. The quantitative estimate of drug-likeness (QED) is 0.919. The van der Waals surface area contributed by atoms with Gasteiger partial charge in [-0.2, -0.15) is 0 Å². The Balaban J connectivity index is 1.95. The molecule has 23 heavy (non-hydrogen) atoms. The summed E-state index contributed by atoms with van der Waals surface area (Å²) in [5.41, 5.74) is 0.345. The van der Waals surface area contributed by atoms with E-state index in [2.05, 4.69) is 0 Å². The van der Waals surface area contributed by atoms with Crippen LogP contribution in [0.4, 0.5) is 0 Å². The predicted molar refractivity (Wildman–Crippen MR) is 82.8 cm³/mol. The molecular formula is C17H21NO5. The molecule has 3 unspecified atom stereocenters. The number of aliphatic carboxylic acids is 1. The Kier molecular flexibility index (Phi) is 4.15. The molecule has 2 aliphatic rings. The second kappa shape index (κ2) is 6.10. The number of benzene rings is 1. The van der Waals surface area contributed by atoms with Crippen LogP contribution in [0.25, 0.3) is 0 Å². The van der Waals surface area contributed by atoms with Crippen molar-refractivity contribution in [1.82, 2.24) is 4.90 Å². The molecule has 3 rings (SSSR count). The summed E-state index contributed by atoms with van der Waals surface area (Å²) in [5, 5.41) is 9.60. The highest BCUT2D eigenvalue weighted by Crippen LogP contribution is 2.43. The maximum Gasteiger partial charge on any atom is 0.326 e. The van der Waals surface area contributed by atoms with Crippen molar-refractivity contribution in [3.63, 3.8) is 0 Å². The summed E-state index contributed by atoms with van der Waals surface area (Å²) in [7, 11) is 2.98. The summed E-state index contributed by atoms with van der Waals surface area (Å²) in [6, 6.07) is 4.33. The molecule has 1 saturated heterocycles. The van der Waals surface area contributed by atoms with Gasteiger partial charge in [0.1, 0.15) is 6.04 Å². The van der Waals surface area contributed by atoms with Crippen LogP contribution in [0.1, 0.15) is 29.6 Å². The number of carbonyl (C=O) groups is 2. The van der Waals surface area contributed by atoms with Crippen LogP contribution >= 0.6 is 0 Å². The van der Waals surface area contributed by atoms with Crippen molar-refractivity contribution in [3.05, 3.63) is 23.8 Å². The molecule has 1 saturated carbocycles. The minimum absolute atomic E-state index is 0.0630. The van der Waals surface area contributed by atoms with Gasteiger partial charge in [0.25, 0.3) is 5.91 Å². The van der Waals surface area contributed by atoms with Crippen LogP contribution in [0.15, 0.2) is 18.2 Å². The third-order valence-electron chi connectivity index (χ3n) is 5.04. The van der Waals surface area contributed by atoms with E-state index in [4.69, 9.17) is 9.47 Å². The molecule has 0 radical (unpaired) electrons. The number of methoxy groups -OCH3 is 2. The largest absolute Gasteiger partial charge is 0.493 e. The zero-order valence-electron chi connectivity index (χ0n) is 13.3. The third-order valence-corrected chi connectivity index (χ3v) is 5.04. The smallest absolute Gasteiger partial charge is 0.326 e. The standard InChI is InChI=1S/C17H21NO5/c1-22-13-8-4-7-12(15(13)23-2)16(19)18-9-10-5-3-6-11(10)14(18)17(20)21/h4,7-8,10-11,14H,3,5-6,9H2,1-2H3,(H,20,21). The Bertz CT molecular complexity index is 629. The molecule has 1 aliphatic carbocycles. The summed E-state index contributed by atoms with van der Waals surface area (Å²) < 4.78 is 10.5. The highest BCUT2D eigenvalue weighted by molar-refractivity contribution is 6.00. The third kappa shape index (κ3) is 2.52. The van der Waals surface area contributed by atoms with Gasteiger partial charge >= 0.3 is 5.97 Å². The number of para-hydroxylation sites is 1. The van der Waals surface area contributed by atoms with Crippen molar-refractivity contribution in [2.75, 3.05) is 20.8 Å². The molecule has 1 aliphatic heterocycles. The number of hydrogen-bond donors (Lipinski definition) is 1. The van der Waals surface area contributed by atoms with Crippen LogP contribution in [0.2, 0.25) is 0 Å². The van der Waals surface area contributed by atoms with Crippen LogP contribution < -0.4 is 9.47 Å². The van der Waals surface area contributed by atoms with E-state index in [-0.39, 0.29) is 17.7 Å². The molecule has 1 N–H and O–H groups in total. The molecule has 1 aromatic rings. The van der Waals surface area contributed by atoms with Gasteiger partial charge in [-0.05, 0) is 36.8 Å². The second-order valence-electron chi connectivity index (χ2n) is 6.14. The number of carboxylic acid groups (broad SMARTS) is 1. The number of carboxylic acids is 1. The highest BCUT2D eigenvalue weighted by atomic mass is 16.5. The van der Waals surface area contributed by atoms with Gasteiger partial charge < -0.3 is 19.5 Å². The normalized spacial score (nSPS) is 26.0. The lowest BCUT2D eigenvalue weighted by Crippen LogP contribution is -2.43. The molecular weight excluding hydrogens is 298 g/mol. The molecule has 1 aromatic carbocycles. The monoisotopic (exact) mass is 319 g/mol. The Morgan fingerprint density at radius 3 is 2.65 bits per heavy atom. The molecule has 124 valence electrons. The lowest BCUT2D eigenvalue weighted by atomic mass is 9.94. The van der Waals surface area contributed by atoms with Gasteiger partial charge in [0.2, 0.25) is 0 Å². The fraction of sp³-hybridized carbons (Fsp3) is 0.529. The van der Waals surface area contributed by atoms with Crippen LogP contribution in [-0.4, -0.2) is 48.7 Å². The van der Waals surface area contributed by atoms with Crippen molar-refractivity contribution < 1.29 is 24.2 Å². The van der Waals surface area contributed by atoms with Crippen molar-refractivity contribution in [1.29, 1.82) is 0 Å². The van der Waals surface area contributed by atoms with Gasteiger partial charge in [0.15, 0.2) is 11.5 Å². The van der Waals surface area contributed by atoms with Crippen molar-refractivity contribution in [2.45, 2.75) is 25.3 Å². The van der Waals surface area contributed by atoms with E-state index >= 15 is 0 Å². The van der Waals surface area contributed by atoms with Gasteiger partial charge in [0, 0.05) is 6.54 Å². The fourth-order valence-electron chi connectivity index (χ4n) is 4.04. The summed E-state index contributed by atoms with van der Waals surface area (Å²) in [6.45, 7) is 0.501. The van der Waals surface area contributed by atoms with Crippen LogP contribution in [0.3, 0.4) is 0 Å². The van der Waals surface area contributed by atoms with Crippen molar-refractivity contribution >= 4 is 11.9 Å². The molecule has 3 atom stereocenters. The maximum absolute atomic E-state index is 13.0. The zero-order valence-corrected chi connectivity index (χ0v) is 13.3. The first-order valence-corrected chi connectivity index (χ1v) is 7.83. The van der Waals surface area contributed by atoms with E-state index in [1.807, 2.05) is 0 Å². The number of amides is 1. The molecule has 1 heterocycles. The topological polar surface area (TPSA) is 76.1 Å². The average molecular weight is 319 g/mol. The molecule has 0 bridgehead atoms. The predicted octanol–water partition coefficient (Wildman–Crippen LogP) is 2.03. The first-order chi connectivity index (χ1) is 11.1. The number of rotatable bonds is 4. The number of fused-ring (bicyclic) bond motifs is 1. The highest BCUT2D eigenvalue weighted by Gasteiger charge is 2.50. The molecule has 1 amide bonds. The van der Waals surface area contributed by atoms with Gasteiger partial charge in [-0.3, -0.25) is 4.79 Å². The SMILES string of the molecule is COc1cccc(C(=O)N2CC3CCCC3C2C(=O)O)c1OC. The van der Waals surface area contributed by atoms with Crippen LogP contribution in [0, 0.1) is 11.8 Å². The van der Waals surface area contributed by atoms with E-state index in [0.29, 0.717) is 23.6 Å². The lowest BCUT2D eigenvalue weighted by molar-refractivity contribution is -0.142. The maximum atomic E-state index is 13.0. The fourth-order valence-corrected chi connectivity index (χ4v) is 4.04. The van der Waals surface area contributed by atoms with E-state index in [0.717, 1.165) is 19.3 Å². The Morgan fingerprint density at radius 1 is 1.22 bits per heavy atom. The molecule has 0 spiro atoms. The first kappa shape index (κ1) is 15.6. The number of likely N-dealkylation sites (tertiary alicyclic amines) is 1. The molecule has 6 nitrogen and oxygen atoms in total. The van der Waals surface area contributed by atoms with Gasteiger partial charge in [0.05, 0.1) is 19.8 Å². The van der Waals surface area contributed by atoms with Crippen molar-refractivity contribution in [3.8, 4) is 11.5 Å². The summed E-state index contributed by atoms with van der Waals surface area (Å²) in [4.78, 5) is 26.2. The van der Waals surface area contributed by atoms with E-state index in [9.17, 15) is 14.7 Å². The summed E-state index contributed by atoms with van der Waals surface area (Å²) in [6.07, 6.45) is 2.91. The lowest BCUT2D eigenvalue weighted by Gasteiger charge is -2.25. The van der Waals surface area contributed by atoms with E-state index in [1.165, 1.54) is 19.1 Å². The number of ether oxygens (including phenoxy) is 2. The van der Waals surface area contributed by atoms with Gasteiger partial charge in [-0.15, -0.1) is 0 Å². The van der Waals surface area contributed by atoms with Gasteiger partial charge in [-0.25, -0.2) is 4.79 Å². The zero-order chi connectivity index (χ0) is 16.6.